The van der Waals surface area contributed by atoms with Crippen LogP contribution in [0.15, 0.2) is 60.0 Å². The van der Waals surface area contributed by atoms with Gasteiger partial charge in [-0.3, -0.25) is 4.79 Å². The average Bonchev–Trinajstić information content (AvgIpc) is 3.16. The van der Waals surface area contributed by atoms with Crippen molar-refractivity contribution < 1.29 is 4.79 Å². The molecule has 2 aromatic carbocycles. The van der Waals surface area contributed by atoms with Crippen LogP contribution in [0.1, 0.15) is 23.7 Å². The number of rotatable bonds is 6. The molecule has 0 aliphatic heterocycles. The summed E-state index contributed by atoms with van der Waals surface area (Å²) in [6, 6.07) is 17.7. The first-order valence-corrected chi connectivity index (χ1v) is 9.20. The summed E-state index contributed by atoms with van der Waals surface area (Å²) in [5, 5.41) is 5.93. The standard InChI is InChI=1S/C20H21N3OS/c1-3-13-21-19(24)15-9-11-17(12-10-15)23(2)18-14-25-20(22-18)16-7-5-4-6-8-16/h4-12,14H,3,13H2,1-2H3,(H,21,24). The summed E-state index contributed by atoms with van der Waals surface area (Å²) in [6.45, 7) is 2.73. The molecule has 0 aliphatic carbocycles. The van der Waals surface area contributed by atoms with Crippen molar-refractivity contribution in [1.82, 2.24) is 10.3 Å². The predicted molar refractivity (Wildman–Crippen MR) is 105 cm³/mol. The van der Waals surface area contributed by atoms with Crippen molar-refractivity contribution in [3.05, 3.63) is 65.5 Å². The van der Waals surface area contributed by atoms with Crippen LogP contribution in [0.4, 0.5) is 11.5 Å². The number of thiazole rings is 1. The first kappa shape index (κ1) is 17.2. The Morgan fingerprint density at radius 2 is 1.84 bits per heavy atom. The minimum absolute atomic E-state index is 0.0314. The van der Waals surface area contributed by atoms with Gasteiger partial charge < -0.3 is 10.2 Å². The van der Waals surface area contributed by atoms with Crippen LogP contribution in [-0.2, 0) is 0 Å². The van der Waals surface area contributed by atoms with Gasteiger partial charge in [-0.05, 0) is 30.7 Å². The number of nitrogens with zero attached hydrogens (tertiary/aromatic N) is 2. The molecule has 0 bridgehead atoms. The van der Waals surface area contributed by atoms with Crippen molar-refractivity contribution in [2.75, 3.05) is 18.5 Å². The van der Waals surface area contributed by atoms with Gasteiger partial charge in [0.1, 0.15) is 10.8 Å². The van der Waals surface area contributed by atoms with Crippen LogP contribution >= 0.6 is 11.3 Å². The molecule has 0 fully saturated rings. The van der Waals surface area contributed by atoms with Crippen molar-refractivity contribution in [3.8, 4) is 10.6 Å². The highest BCUT2D eigenvalue weighted by Crippen LogP contribution is 2.30. The maximum absolute atomic E-state index is 12.0. The zero-order valence-corrected chi connectivity index (χ0v) is 15.2. The summed E-state index contributed by atoms with van der Waals surface area (Å²) in [5.41, 5.74) is 2.79. The molecule has 0 radical (unpaired) electrons. The molecule has 1 amide bonds. The van der Waals surface area contributed by atoms with Gasteiger partial charge in [-0.25, -0.2) is 4.98 Å². The minimum Gasteiger partial charge on any atom is -0.352 e. The molecular weight excluding hydrogens is 330 g/mol. The fourth-order valence-electron chi connectivity index (χ4n) is 2.44. The minimum atomic E-state index is -0.0314. The van der Waals surface area contributed by atoms with E-state index in [0.29, 0.717) is 12.1 Å². The zero-order chi connectivity index (χ0) is 17.6. The Morgan fingerprint density at radius 1 is 1.12 bits per heavy atom. The van der Waals surface area contributed by atoms with Gasteiger partial charge in [0.25, 0.3) is 5.91 Å². The summed E-state index contributed by atoms with van der Waals surface area (Å²) in [6.07, 6.45) is 0.931. The Hall–Kier alpha value is -2.66. The van der Waals surface area contributed by atoms with Crippen LogP contribution in [0.2, 0.25) is 0 Å². The molecule has 5 heteroatoms. The van der Waals surface area contributed by atoms with Gasteiger partial charge in [0, 0.05) is 35.8 Å². The molecule has 0 saturated heterocycles. The average molecular weight is 351 g/mol. The summed E-state index contributed by atoms with van der Waals surface area (Å²) in [7, 11) is 1.98. The van der Waals surface area contributed by atoms with Gasteiger partial charge in [-0.1, -0.05) is 37.3 Å². The number of hydrogen-bond acceptors (Lipinski definition) is 4. The van der Waals surface area contributed by atoms with E-state index < -0.39 is 0 Å². The van der Waals surface area contributed by atoms with Crippen molar-refractivity contribution in [2.45, 2.75) is 13.3 Å². The summed E-state index contributed by atoms with van der Waals surface area (Å²) >= 11 is 1.63. The third-order valence-corrected chi connectivity index (χ3v) is 4.79. The Bertz CT molecular complexity index is 828. The van der Waals surface area contributed by atoms with E-state index in [1.807, 2.05) is 66.7 Å². The largest absolute Gasteiger partial charge is 0.352 e. The van der Waals surface area contributed by atoms with Crippen LogP contribution in [0.3, 0.4) is 0 Å². The van der Waals surface area contributed by atoms with E-state index >= 15 is 0 Å². The van der Waals surface area contributed by atoms with Gasteiger partial charge in [0.15, 0.2) is 0 Å². The van der Waals surface area contributed by atoms with Crippen LogP contribution in [0.25, 0.3) is 10.6 Å². The topological polar surface area (TPSA) is 45.2 Å². The van der Waals surface area contributed by atoms with Gasteiger partial charge in [0.2, 0.25) is 0 Å². The first-order chi connectivity index (χ1) is 12.2. The van der Waals surface area contributed by atoms with Crippen LogP contribution in [0, 0.1) is 0 Å². The number of hydrogen-bond donors (Lipinski definition) is 1. The van der Waals surface area contributed by atoms with E-state index in [0.717, 1.165) is 28.5 Å². The van der Waals surface area contributed by atoms with Crippen molar-refractivity contribution in [3.63, 3.8) is 0 Å². The first-order valence-electron chi connectivity index (χ1n) is 8.32. The highest BCUT2D eigenvalue weighted by molar-refractivity contribution is 7.13. The molecule has 3 aromatic rings. The monoisotopic (exact) mass is 351 g/mol. The Balaban J connectivity index is 1.74. The molecule has 0 saturated carbocycles. The van der Waals surface area contributed by atoms with E-state index in [9.17, 15) is 4.79 Å². The molecule has 1 heterocycles. The summed E-state index contributed by atoms with van der Waals surface area (Å²) in [4.78, 5) is 18.7. The van der Waals surface area contributed by atoms with E-state index in [1.54, 1.807) is 11.3 Å². The van der Waals surface area contributed by atoms with Crippen molar-refractivity contribution >= 4 is 28.7 Å². The maximum Gasteiger partial charge on any atom is 0.251 e. The second-order valence-corrected chi connectivity index (χ2v) is 6.60. The summed E-state index contributed by atoms with van der Waals surface area (Å²) < 4.78 is 0. The number of aromatic nitrogens is 1. The quantitative estimate of drug-likeness (QED) is 0.699. The molecule has 128 valence electrons. The zero-order valence-electron chi connectivity index (χ0n) is 14.4. The molecule has 4 nitrogen and oxygen atoms in total. The number of nitrogens with one attached hydrogen (secondary N) is 1. The molecule has 0 unspecified atom stereocenters. The van der Waals surface area contributed by atoms with E-state index in [4.69, 9.17) is 4.98 Å². The lowest BCUT2D eigenvalue weighted by Crippen LogP contribution is -2.23. The SMILES string of the molecule is CCCNC(=O)c1ccc(N(C)c2csc(-c3ccccc3)n2)cc1. The Morgan fingerprint density at radius 3 is 2.52 bits per heavy atom. The van der Waals surface area contributed by atoms with Gasteiger partial charge in [-0.2, -0.15) is 0 Å². The molecule has 0 aliphatic rings. The van der Waals surface area contributed by atoms with Gasteiger partial charge >= 0.3 is 0 Å². The molecule has 1 N–H and O–H groups in total. The van der Waals surface area contributed by atoms with Crippen molar-refractivity contribution in [1.29, 1.82) is 0 Å². The smallest absolute Gasteiger partial charge is 0.251 e. The third kappa shape index (κ3) is 4.06. The molecule has 3 rings (SSSR count). The number of carbonyl (C=O) groups excluding carboxylic acids is 1. The lowest BCUT2D eigenvalue weighted by molar-refractivity contribution is 0.0953. The van der Waals surface area contributed by atoms with Crippen LogP contribution in [-0.4, -0.2) is 24.5 Å². The number of carbonyl (C=O) groups is 1. The van der Waals surface area contributed by atoms with E-state index in [1.165, 1.54) is 0 Å². The Kier molecular flexibility index (Phi) is 5.46. The van der Waals surface area contributed by atoms with Crippen LogP contribution in [0.5, 0.6) is 0 Å². The van der Waals surface area contributed by atoms with Crippen molar-refractivity contribution in [2.24, 2.45) is 0 Å². The molecule has 0 spiro atoms. The highest BCUT2D eigenvalue weighted by Gasteiger charge is 2.11. The molecular formula is C20H21N3OS. The molecule has 25 heavy (non-hydrogen) atoms. The number of amides is 1. The van der Waals surface area contributed by atoms with E-state index in [-0.39, 0.29) is 5.91 Å². The third-order valence-electron chi connectivity index (χ3n) is 3.91. The lowest BCUT2D eigenvalue weighted by Gasteiger charge is -2.16. The molecule has 1 aromatic heterocycles. The fraction of sp³-hybridized carbons (Fsp3) is 0.200. The lowest BCUT2D eigenvalue weighted by atomic mass is 10.2. The fourth-order valence-corrected chi connectivity index (χ4v) is 3.29. The second kappa shape index (κ2) is 7.94. The van der Waals surface area contributed by atoms with Gasteiger partial charge in [0.05, 0.1) is 0 Å². The number of anilines is 2. The van der Waals surface area contributed by atoms with Gasteiger partial charge in [-0.15, -0.1) is 11.3 Å². The number of benzene rings is 2. The normalized spacial score (nSPS) is 10.5. The molecule has 0 atom stereocenters. The highest BCUT2D eigenvalue weighted by atomic mass is 32.1. The maximum atomic E-state index is 12.0. The Labute approximate surface area is 152 Å². The summed E-state index contributed by atoms with van der Waals surface area (Å²) in [5.74, 6) is 0.864. The predicted octanol–water partition coefficient (Wildman–Crippen LogP) is 4.72. The van der Waals surface area contributed by atoms with Crippen LogP contribution < -0.4 is 10.2 Å². The van der Waals surface area contributed by atoms with E-state index in [2.05, 4.69) is 17.4 Å². The second-order valence-electron chi connectivity index (χ2n) is 5.74.